The molecule has 0 aliphatic carbocycles. The average Bonchev–Trinajstić information content (AvgIpc) is 2.41. The SMILES string of the molecule is Cc1ccc(NC(=O)c2cccc(CN)c2)cn1. The first-order valence-electron chi connectivity index (χ1n) is 5.72. The molecule has 1 amide bonds. The first-order chi connectivity index (χ1) is 8.69. The molecule has 18 heavy (non-hydrogen) atoms. The van der Waals surface area contributed by atoms with Crippen LogP contribution in [0, 0.1) is 6.92 Å². The third-order valence-corrected chi connectivity index (χ3v) is 2.59. The first-order valence-corrected chi connectivity index (χ1v) is 5.72. The summed E-state index contributed by atoms with van der Waals surface area (Å²) in [4.78, 5) is 16.1. The lowest BCUT2D eigenvalue weighted by atomic mass is 10.1. The molecule has 2 aromatic rings. The molecule has 92 valence electrons. The van der Waals surface area contributed by atoms with Gasteiger partial charge in [-0.1, -0.05) is 12.1 Å². The van der Waals surface area contributed by atoms with E-state index < -0.39 is 0 Å². The summed E-state index contributed by atoms with van der Waals surface area (Å²) in [5, 5.41) is 2.79. The van der Waals surface area contributed by atoms with Gasteiger partial charge in [-0.3, -0.25) is 9.78 Å². The van der Waals surface area contributed by atoms with E-state index in [1.807, 2.05) is 31.2 Å². The normalized spacial score (nSPS) is 10.1. The zero-order chi connectivity index (χ0) is 13.0. The van der Waals surface area contributed by atoms with Crippen molar-refractivity contribution in [2.75, 3.05) is 5.32 Å². The van der Waals surface area contributed by atoms with E-state index in [1.165, 1.54) is 0 Å². The Morgan fingerprint density at radius 2 is 2.17 bits per heavy atom. The van der Waals surface area contributed by atoms with Gasteiger partial charge < -0.3 is 11.1 Å². The molecule has 4 nitrogen and oxygen atoms in total. The Morgan fingerprint density at radius 1 is 1.33 bits per heavy atom. The molecule has 1 aromatic heterocycles. The Kier molecular flexibility index (Phi) is 3.69. The third kappa shape index (κ3) is 2.93. The topological polar surface area (TPSA) is 68.0 Å². The van der Waals surface area contributed by atoms with Gasteiger partial charge in [0.1, 0.15) is 0 Å². The van der Waals surface area contributed by atoms with Crippen LogP contribution in [0.1, 0.15) is 21.6 Å². The van der Waals surface area contributed by atoms with Crippen LogP contribution in [0.15, 0.2) is 42.6 Å². The summed E-state index contributed by atoms with van der Waals surface area (Å²) >= 11 is 0. The number of hydrogen-bond donors (Lipinski definition) is 2. The van der Waals surface area contributed by atoms with Crippen molar-refractivity contribution in [1.29, 1.82) is 0 Å². The number of nitrogens with one attached hydrogen (secondary N) is 1. The van der Waals surface area contributed by atoms with Gasteiger partial charge in [0.2, 0.25) is 0 Å². The maximum atomic E-state index is 12.0. The number of nitrogens with zero attached hydrogens (tertiary/aromatic N) is 1. The van der Waals surface area contributed by atoms with Crippen molar-refractivity contribution in [3.8, 4) is 0 Å². The highest BCUT2D eigenvalue weighted by Crippen LogP contribution is 2.10. The molecule has 0 saturated carbocycles. The van der Waals surface area contributed by atoms with Crippen molar-refractivity contribution in [3.63, 3.8) is 0 Å². The van der Waals surface area contributed by atoms with Crippen LogP contribution < -0.4 is 11.1 Å². The average molecular weight is 241 g/mol. The predicted octanol–water partition coefficient (Wildman–Crippen LogP) is 2.10. The number of carbonyl (C=O) groups is 1. The molecule has 0 unspecified atom stereocenters. The number of amides is 1. The number of aromatic nitrogens is 1. The second-order valence-corrected chi connectivity index (χ2v) is 4.05. The van der Waals surface area contributed by atoms with Gasteiger partial charge in [-0.15, -0.1) is 0 Å². The molecular formula is C14H15N3O. The molecule has 0 fully saturated rings. The summed E-state index contributed by atoms with van der Waals surface area (Å²) in [5.41, 5.74) is 8.68. The Bertz CT molecular complexity index is 549. The zero-order valence-corrected chi connectivity index (χ0v) is 10.2. The lowest BCUT2D eigenvalue weighted by Crippen LogP contribution is -2.12. The summed E-state index contributed by atoms with van der Waals surface area (Å²) in [6, 6.07) is 10.9. The van der Waals surface area contributed by atoms with Crippen molar-refractivity contribution in [3.05, 3.63) is 59.4 Å². The maximum absolute atomic E-state index is 12.0. The van der Waals surface area contributed by atoms with E-state index in [9.17, 15) is 4.79 Å². The van der Waals surface area contributed by atoms with E-state index in [0.29, 0.717) is 17.8 Å². The second-order valence-electron chi connectivity index (χ2n) is 4.05. The van der Waals surface area contributed by atoms with Crippen molar-refractivity contribution >= 4 is 11.6 Å². The Hall–Kier alpha value is -2.20. The predicted molar refractivity (Wildman–Crippen MR) is 71.3 cm³/mol. The third-order valence-electron chi connectivity index (χ3n) is 2.59. The standard InChI is InChI=1S/C14H15N3O/c1-10-5-6-13(9-16-10)17-14(18)12-4-2-3-11(7-12)8-15/h2-7,9H,8,15H2,1H3,(H,17,18). The highest BCUT2D eigenvalue weighted by Gasteiger charge is 2.06. The van der Waals surface area contributed by atoms with Gasteiger partial charge in [0.05, 0.1) is 11.9 Å². The van der Waals surface area contributed by atoms with Gasteiger partial charge in [-0.05, 0) is 36.8 Å². The van der Waals surface area contributed by atoms with Crippen LogP contribution in [0.25, 0.3) is 0 Å². The minimum atomic E-state index is -0.157. The summed E-state index contributed by atoms with van der Waals surface area (Å²) in [6.07, 6.45) is 1.64. The largest absolute Gasteiger partial charge is 0.326 e. The quantitative estimate of drug-likeness (QED) is 0.864. The summed E-state index contributed by atoms with van der Waals surface area (Å²) < 4.78 is 0. The number of anilines is 1. The molecule has 0 aliphatic heterocycles. The molecule has 4 heteroatoms. The molecule has 1 heterocycles. The molecule has 0 spiro atoms. The van der Waals surface area contributed by atoms with Gasteiger partial charge in [0.15, 0.2) is 0 Å². The fraction of sp³-hybridized carbons (Fsp3) is 0.143. The van der Waals surface area contributed by atoms with Crippen LogP contribution >= 0.6 is 0 Å². The molecule has 0 bridgehead atoms. The van der Waals surface area contributed by atoms with Crippen LogP contribution in [-0.2, 0) is 6.54 Å². The van der Waals surface area contributed by atoms with Gasteiger partial charge in [-0.25, -0.2) is 0 Å². The van der Waals surface area contributed by atoms with Crippen LogP contribution in [0.3, 0.4) is 0 Å². The van der Waals surface area contributed by atoms with E-state index in [4.69, 9.17) is 5.73 Å². The van der Waals surface area contributed by atoms with Crippen molar-refractivity contribution in [1.82, 2.24) is 4.98 Å². The fourth-order valence-electron chi connectivity index (χ4n) is 1.58. The molecule has 3 N–H and O–H groups in total. The number of pyridine rings is 1. The minimum absolute atomic E-state index is 0.157. The smallest absolute Gasteiger partial charge is 0.255 e. The van der Waals surface area contributed by atoms with Gasteiger partial charge in [0, 0.05) is 17.8 Å². The number of aryl methyl sites for hydroxylation is 1. The highest BCUT2D eigenvalue weighted by molar-refractivity contribution is 6.04. The molecule has 0 atom stereocenters. The molecule has 2 rings (SSSR count). The number of benzene rings is 1. The van der Waals surface area contributed by atoms with Crippen LogP contribution in [0.4, 0.5) is 5.69 Å². The lowest BCUT2D eigenvalue weighted by Gasteiger charge is -2.06. The van der Waals surface area contributed by atoms with E-state index in [-0.39, 0.29) is 5.91 Å². The Labute approximate surface area is 106 Å². The van der Waals surface area contributed by atoms with E-state index in [1.54, 1.807) is 18.3 Å². The van der Waals surface area contributed by atoms with Crippen molar-refractivity contribution < 1.29 is 4.79 Å². The van der Waals surface area contributed by atoms with E-state index in [2.05, 4.69) is 10.3 Å². The summed E-state index contributed by atoms with van der Waals surface area (Å²) in [6.45, 7) is 2.32. The van der Waals surface area contributed by atoms with Crippen LogP contribution in [0.2, 0.25) is 0 Å². The van der Waals surface area contributed by atoms with Gasteiger partial charge in [-0.2, -0.15) is 0 Å². The Morgan fingerprint density at radius 3 is 2.83 bits per heavy atom. The number of carbonyl (C=O) groups excluding carboxylic acids is 1. The fourth-order valence-corrected chi connectivity index (χ4v) is 1.58. The summed E-state index contributed by atoms with van der Waals surface area (Å²) in [5.74, 6) is -0.157. The molecule has 0 radical (unpaired) electrons. The Balaban J connectivity index is 2.14. The van der Waals surface area contributed by atoms with Crippen molar-refractivity contribution in [2.45, 2.75) is 13.5 Å². The van der Waals surface area contributed by atoms with E-state index >= 15 is 0 Å². The minimum Gasteiger partial charge on any atom is -0.326 e. The number of nitrogens with two attached hydrogens (primary N) is 1. The number of hydrogen-bond acceptors (Lipinski definition) is 3. The van der Waals surface area contributed by atoms with E-state index in [0.717, 1.165) is 11.3 Å². The monoisotopic (exact) mass is 241 g/mol. The van der Waals surface area contributed by atoms with Gasteiger partial charge >= 0.3 is 0 Å². The highest BCUT2D eigenvalue weighted by atomic mass is 16.1. The first kappa shape index (κ1) is 12.3. The van der Waals surface area contributed by atoms with Crippen molar-refractivity contribution in [2.24, 2.45) is 5.73 Å². The molecule has 0 aliphatic rings. The summed E-state index contributed by atoms with van der Waals surface area (Å²) in [7, 11) is 0. The van der Waals surface area contributed by atoms with Crippen LogP contribution in [0.5, 0.6) is 0 Å². The molecule has 0 saturated heterocycles. The zero-order valence-electron chi connectivity index (χ0n) is 10.2. The molecule has 1 aromatic carbocycles. The van der Waals surface area contributed by atoms with Crippen LogP contribution in [-0.4, -0.2) is 10.9 Å². The second kappa shape index (κ2) is 5.42. The maximum Gasteiger partial charge on any atom is 0.255 e. The molecular weight excluding hydrogens is 226 g/mol. The number of rotatable bonds is 3. The van der Waals surface area contributed by atoms with Gasteiger partial charge in [0.25, 0.3) is 5.91 Å². The lowest BCUT2D eigenvalue weighted by molar-refractivity contribution is 0.102.